The highest BCUT2D eigenvalue weighted by Crippen LogP contribution is 2.25. The third-order valence-corrected chi connectivity index (χ3v) is 4.46. The minimum absolute atomic E-state index is 0.461. The topological polar surface area (TPSA) is 61.7 Å². The Bertz CT molecular complexity index is 1160. The van der Waals surface area contributed by atoms with Crippen molar-refractivity contribution in [3.8, 4) is 11.8 Å². The largest absolute Gasteiger partial charge is 0.488 e. The molecule has 0 saturated carbocycles. The molecule has 0 unspecified atom stereocenters. The first-order valence-corrected chi connectivity index (χ1v) is 9.07. The molecule has 0 amide bonds. The third-order valence-electron chi connectivity index (χ3n) is 4.46. The van der Waals surface area contributed by atoms with Crippen molar-refractivity contribution >= 4 is 22.7 Å². The third kappa shape index (κ3) is 3.79. The van der Waals surface area contributed by atoms with Crippen molar-refractivity contribution < 1.29 is 4.74 Å². The predicted octanol–water partition coefficient (Wildman–Crippen LogP) is 5.51. The van der Waals surface area contributed by atoms with Gasteiger partial charge in [-0.05, 0) is 36.8 Å². The van der Waals surface area contributed by atoms with Crippen molar-refractivity contribution in [3.63, 3.8) is 0 Å². The first-order valence-electron chi connectivity index (χ1n) is 9.07. The maximum absolute atomic E-state index is 9.68. The van der Waals surface area contributed by atoms with Crippen LogP contribution in [0, 0.1) is 18.3 Å². The number of fused-ring (bicyclic) bond motifs is 1. The van der Waals surface area contributed by atoms with Gasteiger partial charge in [0.25, 0.3) is 0 Å². The fourth-order valence-corrected chi connectivity index (χ4v) is 3.08. The molecule has 0 fully saturated rings. The second-order valence-electron chi connectivity index (χ2n) is 6.59. The minimum Gasteiger partial charge on any atom is -0.488 e. The summed E-state index contributed by atoms with van der Waals surface area (Å²) in [5, 5.41) is 9.68. The number of nitrogens with zero attached hydrogens (tertiary/aromatic N) is 2. The van der Waals surface area contributed by atoms with Gasteiger partial charge in [-0.2, -0.15) is 5.26 Å². The SMILES string of the molecule is Cc1cccc(COc2ccccc2C=C(C#N)c2nc3ccccc3[nH]2)c1. The summed E-state index contributed by atoms with van der Waals surface area (Å²) in [6.07, 6.45) is 1.81. The van der Waals surface area contributed by atoms with Crippen LogP contribution in [0.25, 0.3) is 22.7 Å². The van der Waals surface area contributed by atoms with Crippen molar-refractivity contribution in [3.05, 3.63) is 95.3 Å². The number of hydrogen-bond acceptors (Lipinski definition) is 3. The number of imidazole rings is 1. The summed E-state index contributed by atoms with van der Waals surface area (Å²) in [7, 11) is 0. The molecule has 1 heterocycles. The Kier molecular flexibility index (Phi) is 4.90. The van der Waals surface area contributed by atoms with E-state index < -0.39 is 0 Å². The highest BCUT2D eigenvalue weighted by Gasteiger charge is 2.09. The molecular weight excluding hydrogens is 346 g/mol. The Morgan fingerprint density at radius 1 is 1.07 bits per heavy atom. The molecule has 3 aromatic carbocycles. The number of benzene rings is 3. The van der Waals surface area contributed by atoms with Crippen LogP contribution in [0.4, 0.5) is 0 Å². The van der Waals surface area contributed by atoms with E-state index in [0.717, 1.165) is 27.9 Å². The maximum atomic E-state index is 9.68. The Hall–Kier alpha value is -3.84. The van der Waals surface area contributed by atoms with Crippen LogP contribution < -0.4 is 4.74 Å². The molecule has 4 heteroatoms. The molecule has 0 bridgehead atoms. The number of hydrogen-bond donors (Lipinski definition) is 1. The predicted molar refractivity (Wildman–Crippen MR) is 112 cm³/mol. The average molecular weight is 365 g/mol. The van der Waals surface area contributed by atoms with Crippen LogP contribution in [0.5, 0.6) is 5.75 Å². The number of H-pyrrole nitrogens is 1. The second-order valence-corrected chi connectivity index (χ2v) is 6.59. The van der Waals surface area contributed by atoms with Crippen LogP contribution >= 0.6 is 0 Å². The van der Waals surface area contributed by atoms with E-state index in [4.69, 9.17) is 4.74 Å². The molecule has 4 nitrogen and oxygen atoms in total. The normalized spacial score (nSPS) is 11.4. The van der Waals surface area contributed by atoms with Crippen molar-refractivity contribution in [1.82, 2.24) is 9.97 Å². The van der Waals surface area contributed by atoms with E-state index in [1.807, 2.05) is 66.7 Å². The lowest BCUT2D eigenvalue weighted by molar-refractivity contribution is 0.305. The summed E-state index contributed by atoms with van der Waals surface area (Å²) < 4.78 is 6.03. The molecule has 0 aliphatic rings. The number of ether oxygens (including phenoxy) is 1. The lowest BCUT2D eigenvalue weighted by Crippen LogP contribution is -1.97. The first kappa shape index (κ1) is 17.6. The highest BCUT2D eigenvalue weighted by atomic mass is 16.5. The van der Waals surface area contributed by atoms with Gasteiger partial charge >= 0.3 is 0 Å². The molecule has 0 aliphatic heterocycles. The molecule has 28 heavy (non-hydrogen) atoms. The van der Waals surface area contributed by atoms with Crippen LogP contribution in [0.15, 0.2) is 72.8 Å². The standard InChI is InChI=1S/C24H19N3O/c1-17-7-6-8-18(13-17)16-28-23-12-5-2-9-19(23)14-20(15-25)24-26-21-10-3-4-11-22(21)27-24/h2-14H,16H2,1H3,(H,26,27). The zero-order valence-corrected chi connectivity index (χ0v) is 15.5. The number of aromatic nitrogens is 2. The summed E-state index contributed by atoms with van der Waals surface area (Å²) in [6.45, 7) is 2.53. The molecule has 0 atom stereocenters. The number of aromatic amines is 1. The van der Waals surface area contributed by atoms with Gasteiger partial charge in [0.05, 0.1) is 16.6 Å². The number of nitriles is 1. The number of para-hydroxylation sites is 3. The molecule has 1 aromatic heterocycles. The van der Waals surface area contributed by atoms with Crippen LogP contribution in [0.2, 0.25) is 0 Å². The van der Waals surface area contributed by atoms with Gasteiger partial charge in [0, 0.05) is 5.56 Å². The van der Waals surface area contributed by atoms with Gasteiger partial charge in [-0.3, -0.25) is 0 Å². The molecule has 0 spiro atoms. The van der Waals surface area contributed by atoms with Gasteiger partial charge in [-0.1, -0.05) is 60.2 Å². The van der Waals surface area contributed by atoms with Gasteiger partial charge in [0.15, 0.2) is 0 Å². The summed E-state index contributed by atoms with van der Waals surface area (Å²) in [4.78, 5) is 7.73. The zero-order valence-electron chi connectivity index (χ0n) is 15.5. The van der Waals surface area contributed by atoms with Crippen LogP contribution in [0.1, 0.15) is 22.5 Å². The van der Waals surface area contributed by atoms with Gasteiger partial charge in [0.1, 0.15) is 24.3 Å². The van der Waals surface area contributed by atoms with E-state index in [-0.39, 0.29) is 0 Å². The summed E-state index contributed by atoms with van der Waals surface area (Å²) in [5.41, 5.74) is 5.35. The first-order chi connectivity index (χ1) is 13.7. The van der Waals surface area contributed by atoms with Crippen LogP contribution in [-0.4, -0.2) is 9.97 Å². The Balaban J connectivity index is 1.63. The smallest absolute Gasteiger partial charge is 0.149 e. The Morgan fingerprint density at radius 3 is 2.71 bits per heavy atom. The van der Waals surface area contributed by atoms with E-state index in [1.54, 1.807) is 0 Å². The fourth-order valence-electron chi connectivity index (χ4n) is 3.08. The fraction of sp³-hybridized carbons (Fsp3) is 0.0833. The number of aryl methyl sites for hydroxylation is 1. The minimum atomic E-state index is 0.461. The molecule has 0 radical (unpaired) electrons. The number of rotatable bonds is 5. The molecule has 0 saturated heterocycles. The summed E-state index contributed by atoms with van der Waals surface area (Å²) in [5.74, 6) is 1.28. The van der Waals surface area contributed by atoms with E-state index >= 15 is 0 Å². The van der Waals surface area contributed by atoms with Crippen molar-refractivity contribution in [2.24, 2.45) is 0 Å². The second kappa shape index (κ2) is 7.81. The monoisotopic (exact) mass is 365 g/mol. The lowest BCUT2D eigenvalue weighted by atomic mass is 10.1. The van der Waals surface area contributed by atoms with Crippen LogP contribution in [-0.2, 0) is 6.61 Å². The molecule has 0 aliphatic carbocycles. The number of nitrogens with one attached hydrogen (secondary N) is 1. The highest BCUT2D eigenvalue weighted by molar-refractivity contribution is 5.91. The van der Waals surface area contributed by atoms with Gasteiger partial charge < -0.3 is 9.72 Å². The quantitative estimate of drug-likeness (QED) is 0.474. The zero-order chi connectivity index (χ0) is 19.3. The molecule has 136 valence electrons. The Labute approximate surface area is 163 Å². The summed E-state index contributed by atoms with van der Waals surface area (Å²) in [6, 6.07) is 25.9. The maximum Gasteiger partial charge on any atom is 0.149 e. The van der Waals surface area contributed by atoms with Gasteiger partial charge in [-0.25, -0.2) is 4.98 Å². The summed E-state index contributed by atoms with van der Waals surface area (Å²) >= 11 is 0. The van der Waals surface area contributed by atoms with E-state index in [0.29, 0.717) is 18.0 Å². The van der Waals surface area contributed by atoms with E-state index in [1.165, 1.54) is 5.56 Å². The molecule has 1 N–H and O–H groups in total. The van der Waals surface area contributed by atoms with Crippen molar-refractivity contribution in [1.29, 1.82) is 5.26 Å². The van der Waals surface area contributed by atoms with E-state index in [2.05, 4.69) is 35.1 Å². The average Bonchev–Trinajstić information content (AvgIpc) is 3.15. The van der Waals surface area contributed by atoms with Crippen molar-refractivity contribution in [2.45, 2.75) is 13.5 Å². The number of allylic oxidation sites excluding steroid dienone is 1. The lowest BCUT2D eigenvalue weighted by Gasteiger charge is -2.10. The van der Waals surface area contributed by atoms with Crippen molar-refractivity contribution in [2.75, 3.05) is 0 Å². The van der Waals surface area contributed by atoms with Gasteiger partial charge in [0.2, 0.25) is 0 Å². The molecule has 4 aromatic rings. The van der Waals surface area contributed by atoms with Gasteiger partial charge in [-0.15, -0.1) is 0 Å². The molecule has 4 rings (SSSR count). The molecular formula is C24H19N3O. The van der Waals surface area contributed by atoms with E-state index in [9.17, 15) is 5.26 Å². The van der Waals surface area contributed by atoms with Crippen LogP contribution in [0.3, 0.4) is 0 Å². The Morgan fingerprint density at radius 2 is 1.89 bits per heavy atom.